The maximum Gasteiger partial charge on any atom is 0.123 e. The maximum atomic E-state index is 13.4. The summed E-state index contributed by atoms with van der Waals surface area (Å²) >= 11 is 7.69. The second-order valence-electron chi connectivity index (χ2n) is 4.61. The quantitative estimate of drug-likeness (QED) is 0.793. The van der Waals surface area contributed by atoms with Gasteiger partial charge >= 0.3 is 0 Å². The molecule has 20 heavy (non-hydrogen) atoms. The summed E-state index contributed by atoms with van der Waals surface area (Å²) in [6.07, 6.45) is 0. The van der Waals surface area contributed by atoms with Crippen molar-refractivity contribution in [2.45, 2.75) is 17.9 Å². The molecule has 0 spiro atoms. The largest absolute Gasteiger partial charge is 0.312 e. The summed E-state index contributed by atoms with van der Waals surface area (Å²) in [7, 11) is 1.90. The molecule has 0 aliphatic rings. The number of hydrogen-bond acceptors (Lipinski definition) is 2. The lowest BCUT2D eigenvalue weighted by molar-refractivity contribution is 0.609. The lowest BCUT2D eigenvalue weighted by Gasteiger charge is -2.18. The molecule has 4 heteroatoms. The third-order valence-corrected chi connectivity index (χ3v) is 4.50. The van der Waals surface area contributed by atoms with Gasteiger partial charge < -0.3 is 5.32 Å². The Labute approximate surface area is 128 Å². The lowest BCUT2D eigenvalue weighted by Crippen LogP contribution is -2.20. The monoisotopic (exact) mass is 309 g/mol. The van der Waals surface area contributed by atoms with Gasteiger partial charge in [0, 0.05) is 21.7 Å². The average molecular weight is 310 g/mol. The number of hydrogen-bond donors (Lipinski definition) is 1. The normalized spacial score (nSPS) is 12.4. The minimum Gasteiger partial charge on any atom is -0.312 e. The van der Waals surface area contributed by atoms with Crippen LogP contribution in [0.15, 0.2) is 47.4 Å². The molecule has 0 aliphatic carbocycles. The van der Waals surface area contributed by atoms with Gasteiger partial charge in [-0.25, -0.2) is 4.39 Å². The number of aryl methyl sites for hydroxylation is 1. The van der Waals surface area contributed by atoms with Crippen molar-refractivity contribution in [3.8, 4) is 0 Å². The molecule has 0 radical (unpaired) electrons. The van der Waals surface area contributed by atoms with Crippen molar-refractivity contribution in [2.24, 2.45) is 0 Å². The van der Waals surface area contributed by atoms with Crippen LogP contribution in [0.25, 0.3) is 0 Å². The zero-order chi connectivity index (χ0) is 14.5. The zero-order valence-corrected chi connectivity index (χ0v) is 13.1. The molecule has 0 aliphatic heterocycles. The molecule has 0 aromatic heterocycles. The fraction of sp³-hybridized carbons (Fsp3) is 0.250. The molecule has 106 valence electrons. The van der Waals surface area contributed by atoms with E-state index in [9.17, 15) is 4.39 Å². The first-order valence-corrected chi connectivity index (χ1v) is 7.78. The summed E-state index contributed by atoms with van der Waals surface area (Å²) in [5.74, 6) is 0.625. The van der Waals surface area contributed by atoms with E-state index in [-0.39, 0.29) is 11.9 Å². The van der Waals surface area contributed by atoms with Crippen molar-refractivity contribution < 1.29 is 4.39 Å². The lowest BCUT2D eigenvalue weighted by atomic mass is 10.0. The highest BCUT2D eigenvalue weighted by Gasteiger charge is 2.13. The Bertz CT molecular complexity index is 588. The highest BCUT2D eigenvalue weighted by Crippen LogP contribution is 2.28. The molecule has 0 fully saturated rings. The Morgan fingerprint density at radius 1 is 1.25 bits per heavy atom. The highest BCUT2D eigenvalue weighted by atomic mass is 35.5. The number of nitrogens with one attached hydrogen (secondary N) is 1. The molecule has 0 bridgehead atoms. The summed E-state index contributed by atoms with van der Waals surface area (Å²) in [6, 6.07) is 12.8. The van der Waals surface area contributed by atoms with Gasteiger partial charge in [-0.15, -0.1) is 11.8 Å². The molecular weight excluding hydrogens is 293 g/mol. The van der Waals surface area contributed by atoms with Crippen molar-refractivity contribution in [1.29, 1.82) is 0 Å². The summed E-state index contributed by atoms with van der Waals surface area (Å²) in [5, 5.41) is 3.98. The van der Waals surface area contributed by atoms with Crippen LogP contribution in [0.1, 0.15) is 17.2 Å². The highest BCUT2D eigenvalue weighted by molar-refractivity contribution is 7.99. The Morgan fingerprint density at radius 3 is 2.75 bits per heavy atom. The average Bonchev–Trinajstić information content (AvgIpc) is 2.43. The van der Waals surface area contributed by atoms with E-state index in [0.717, 1.165) is 26.8 Å². The van der Waals surface area contributed by atoms with E-state index in [1.54, 1.807) is 17.8 Å². The number of benzene rings is 2. The molecular formula is C16H17ClFNS. The minimum absolute atomic E-state index is 0.106. The molecule has 0 heterocycles. The minimum atomic E-state index is -0.196. The number of rotatable bonds is 5. The predicted molar refractivity (Wildman–Crippen MR) is 85.1 cm³/mol. The van der Waals surface area contributed by atoms with Crippen molar-refractivity contribution >= 4 is 23.4 Å². The third kappa shape index (κ3) is 3.98. The molecule has 2 aromatic carbocycles. The molecule has 1 N–H and O–H groups in total. The van der Waals surface area contributed by atoms with Gasteiger partial charge in [-0.3, -0.25) is 0 Å². The van der Waals surface area contributed by atoms with E-state index < -0.39 is 0 Å². The smallest absolute Gasteiger partial charge is 0.123 e. The van der Waals surface area contributed by atoms with Gasteiger partial charge in [-0.1, -0.05) is 23.7 Å². The van der Waals surface area contributed by atoms with Crippen LogP contribution in [0.3, 0.4) is 0 Å². The second kappa shape index (κ2) is 7.11. The fourth-order valence-corrected chi connectivity index (χ4v) is 3.40. The molecule has 1 nitrogen and oxygen atoms in total. The van der Waals surface area contributed by atoms with Gasteiger partial charge in [0.25, 0.3) is 0 Å². The molecule has 0 saturated heterocycles. The Morgan fingerprint density at radius 2 is 2.05 bits per heavy atom. The van der Waals surface area contributed by atoms with Gasteiger partial charge in [-0.05, 0) is 55.4 Å². The molecule has 0 amide bonds. The van der Waals surface area contributed by atoms with Crippen molar-refractivity contribution in [1.82, 2.24) is 5.32 Å². The molecule has 1 atom stereocenters. The Kier molecular flexibility index (Phi) is 5.46. The van der Waals surface area contributed by atoms with E-state index in [2.05, 4.69) is 5.32 Å². The summed E-state index contributed by atoms with van der Waals surface area (Å²) in [4.78, 5) is 1.12. The summed E-state index contributed by atoms with van der Waals surface area (Å²) < 4.78 is 13.4. The van der Waals surface area contributed by atoms with Crippen LogP contribution in [-0.4, -0.2) is 12.8 Å². The Hall–Kier alpha value is -1.03. The van der Waals surface area contributed by atoms with E-state index in [4.69, 9.17) is 11.6 Å². The van der Waals surface area contributed by atoms with Crippen LogP contribution < -0.4 is 5.32 Å². The fourth-order valence-electron chi connectivity index (χ4n) is 2.05. The first-order valence-electron chi connectivity index (χ1n) is 6.42. The van der Waals surface area contributed by atoms with Gasteiger partial charge in [0.15, 0.2) is 0 Å². The zero-order valence-electron chi connectivity index (χ0n) is 11.5. The van der Waals surface area contributed by atoms with Crippen molar-refractivity contribution in [2.75, 3.05) is 12.8 Å². The van der Waals surface area contributed by atoms with Crippen LogP contribution in [-0.2, 0) is 0 Å². The standard InChI is InChI=1S/C16H17ClFNS/c1-11-6-7-13(18)9-15(11)16(19-2)10-20-14-5-3-4-12(17)8-14/h3-9,16,19H,10H2,1-2H3. The topological polar surface area (TPSA) is 12.0 Å². The predicted octanol–water partition coefficient (Wildman–Crippen LogP) is 4.84. The van der Waals surface area contributed by atoms with Crippen LogP contribution in [0.2, 0.25) is 5.02 Å². The number of thioether (sulfide) groups is 1. The molecule has 2 rings (SSSR count). The number of halogens is 2. The van der Waals surface area contributed by atoms with Crippen molar-refractivity contribution in [3.63, 3.8) is 0 Å². The van der Waals surface area contributed by atoms with E-state index in [1.165, 1.54) is 6.07 Å². The van der Waals surface area contributed by atoms with Gasteiger partial charge in [-0.2, -0.15) is 0 Å². The molecule has 1 unspecified atom stereocenters. The van der Waals surface area contributed by atoms with E-state index >= 15 is 0 Å². The van der Waals surface area contributed by atoms with Crippen LogP contribution in [0.4, 0.5) is 4.39 Å². The van der Waals surface area contributed by atoms with Crippen LogP contribution in [0, 0.1) is 12.7 Å². The van der Waals surface area contributed by atoms with Crippen LogP contribution in [0.5, 0.6) is 0 Å². The SMILES string of the molecule is CNC(CSc1cccc(Cl)c1)c1cc(F)ccc1C. The first kappa shape index (κ1) is 15.4. The van der Waals surface area contributed by atoms with E-state index in [1.807, 2.05) is 44.3 Å². The van der Waals surface area contributed by atoms with Gasteiger partial charge in [0.2, 0.25) is 0 Å². The van der Waals surface area contributed by atoms with Gasteiger partial charge in [0.05, 0.1) is 0 Å². The first-order chi connectivity index (χ1) is 9.60. The third-order valence-electron chi connectivity index (χ3n) is 3.18. The molecule has 2 aromatic rings. The Balaban J connectivity index is 2.11. The second-order valence-corrected chi connectivity index (χ2v) is 6.14. The van der Waals surface area contributed by atoms with Crippen molar-refractivity contribution in [3.05, 3.63) is 64.4 Å². The maximum absolute atomic E-state index is 13.4. The summed E-state index contributed by atoms with van der Waals surface area (Å²) in [5.41, 5.74) is 2.10. The summed E-state index contributed by atoms with van der Waals surface area (Å²) in [6.45, 7) is 2.00. The van der Waals surface area contributed by atoms with E-state index in [0.29, 0.717) is 0 Å². The van der Waals surface area contributed by atoms with Crippen LogP contribution >= 0.6 is 23.4 Å². The molecule has 0 saturated carbocycles. The van der Waals surface area contributed by atoms with Gasteiger partial charge in [0.1, 0.15) is 5.82 Å².